The summed E-state index contributed by atoms with van der Waals surface area (Å²) in [6.07, 6.45) is 5.37. The number of carbonyl (C=O) groups is 1. The van der Waals surface area contributed by atoms with Crippen LogP contribution in [0.2, 0.25) is 0 Å². The zero-order chi connectivity index (χ0) is 14.5. The van der Waals surface area contributed by atoms with Crippen LogP contribution in [0.25, 0.3) is 0 Å². The van der Waals surface area contributed by atoms with Gasteiger partial charge in [-0.05, 0) is 13.5 Å². The number of likely N-dealkylation sites (N-methyl/N-ethyl adjacent to an activating group) is 1. The lowest BCUT2D eigenvalue weighted by Crippen LogP contribution is -2.30. The number of aromatic nitrogens is 4. The molecule has 2 rings (SSSR count). The fraction of sp³-hybridized carbons (Fsp3) is 0.500. The van der Waals surface area contributed by atoms with E-state index in [0.717, 1.165) is 23.4 Å². The summed E-state index contributed by atoms with van der Waals surface area (Å²) in [6.45, 7) is 2.08. The number of nitrogens with zero attached hydrogens (tertiary/aromatic N) is 4. The van der Waals surface area contributed by atoms with Gasteiger partial charge in [0.15, 0.2) is 0 Å². The van der Waals surface area contributed by atoms with Gasteiger partial charge in [-0.1, -0.05) is 18.3 Å². The first-order valence-corrected chi connectivity index (χ1v) is 7.24. The minimum Gasteiger partial charge on any atom is -0.305 e. The number of nitrogens with one attached hydrogen (secondary N) is 2. The summed E-state index contributed by atoms with van der Waals surface area (Å²) in [5.74, 6) is -0.167. The third-order valence-corrected chi connectivity index (χ3v) is 3.67. The van der Waals surface area contributed by atoms with Crippen LogP contribution in [-0.2, 0) is 18.3 Å². The summed E-state index contributed by atoms with van der Waals surface area (Å²) < 4.78 is 1.66. The molecule has 0 fully saturated rings. The number of amides is 1. The molecular weight excluding hydrogens is 276 g/mol. The van der Waals surface area contributed by atoms with Gasteiger partial charge in [0.2, 0.25) is 11.0 Å². The number of hydrogen-bond acceptors (Lipinski definition) is 6. The first kappa shape index (κ1) is 14.6. The van der Waals surface area contributed by atoms with Gasteiger partial charge in [0.25, 0.3) is 0 Å². The van der Waals surface area contributed by atoms with Gasteiger partial charge in [-0.25, -0.2) is 0 Å². The first-order valence-electron chi connectivity index (χ1n) is 6.43. The molecule has 20 heavy (non-hydrogen) atoms. The van der Waals surface area contributed by atoms with E-state index in [2.05, 4.69) is 32.9 Å². The Morgan fingerprint density at radius 2 is 2.30 bits per heavy atom. The van der Waals surface area contributed by atoms with E-state index < -0.39 is 6.04 Å². The zero-order valence-electron chi connectivity index (χ0n) is 11.8. The highest BCUT2D eigenvalue weighted by Gasteiger charge is 2.21. The van der Waals surface area contributed by atoms with E-state index in [1.165, 1.54) is 11.3 Å². The summed E-state index contributed by atoms with van der Waals surface area (Å²) in [5, 5.41) is 19.3. The Bertz CT molecular complexity index is 578. The molecule has 108 valence electrons. The first-order chi connectivity index (χ1) is 9.63. The smallest absolute Gasteiger partial charge is 0.248 e. The third kappa shape index (κ3) is 3.40. The summed E-state index contributed by atoms with van der Waals surface area (Å²) in [4.78, 5) is 12.2. The molecule has 7 nitrogen and oxygen atoms in total. The molecule has 2 aromatic rings. The van der Waals surface area contributed by atoms with Crippen molar-refractivity contribution in [1.82, 2.24) is 25.3 Å². The van der Waals surface area contributed by atoms with Crippen molar-refractivity contribution in [2.45, 2.75) is 25.8 Å². The molecule has 2 aromatic heterocycles. The summed E-state index contributed by atoms with van der Waals surface area (Å²) in [5.41, 5.74) is 0.811. The number of aryl methyl sites for hydroxylation is 2. The molecule has 0 saturated heterocycles. The van der Waals surface area contributed by atoms with Crippen LogP contribution >= 0.6 is 11.3 Å². The topological polar surface area (TPSA) is 84.7 Å². The van der Waals surface area contributed by atoms with Crippen LogP contribution in [0, 0.1) is 0 Å². The van der Waals surface area contributed by atoms with Crippen molar-refractivity contribution in [2.75, 3.05) is 12.4 Å². The lowest BCUT2D eigenvalue weighted by molar-refractivity contribution is -0.118. The lowest BCUT2D eigenvalue weighted by Gasteiger charge is -2.12. The normalized spacial score (nSPS) is 12.3. The molecule has 0 aliphatic carbocycles. The van der Waals surface area contributed by atoms with Crippen molar-refractivity contribution in [2.24, 2.45) is 7.05 Å². The number of anilines is 1. The fourth-order valence-corrected chi connectivity index (χ4v) is 2.68. The average Bonchev–Trinajstić information content (AvgIpc) is 3.01. The van der Waals surface area contributed by atoms with Crippen molar-refractivity contribution in [3.05, 3.63) is 23.0 Å². The number of carbonyl (C=O) groups excluding carboxylic acids is 1. The Labute approximate surface area is 121 Å². The molecule has 0 aromatic carbocycles. The van der Waals surface area contributed by atoms with Gasteiger partial charge in [0.1, 0.15) is 11.0 Å². The Balaban J connectivity index is 2.05. The Morgan fingerprint density at radius 1 is 1.50 bits per heavy atom. The standard InChI is InChI=1S/C12H18N6OS/c1-4-5-9-16-17-12(20-9)15-11(19)10(13-2)8-6-14-18(3)7-8/h6-7,10,13H,4-5H2,1-3H3,(H,15,17,19). The second-order valence-electron chi connectivity index (χ2n) is 4.41. The van der Waals surface area contributed by atoms with Crippen LogP contribution in [0.4, 0.5) is 5.13 Å². The summed E-state index contributed by atoms with van der Waals surface area (Å²) in [7, 11) is 3.55. The van der Waals surface area contributed by atoms with Gasteiger partial charge in [-0.15, -0.1) is 10.2 Å². The molecule has 2 heterocycles. The van der Waals surface area contributed by atoms with Crippen LogP contribution in [0.15, 0.2) is 12.4 Å². The molecule has 0 saturated carbocycles. The number of hydrogen-bond donors (Lipinski definition) is 2. The second-order valence-corrected chi connectivity index (χ2v) is 5.47. The number of rotatable bonds is 6. The molecule has 8 heteroatoms. The lowest BCUT2D eigenvalue weighted by atomic mass is 10.1. The van der Waals surface area contributed by atoms with Crippen molar-refractivity contribution < 1.29 is 4.79 Å². The van der Waals surface area contributed by atoms with E-state index in [1.54, 1.807) is 17.9 Å². The van der Waals surface area contributed by atoms with E-state index >= 15 is 0 Å². The molecule has 0 aliphatic heterocycles. The molecule has 0 bridgehead atoms. The minimum atomic E-state index is -0.456. The summed E-state index contributed by atoms with van der Waals surface area (Å²) >= 11 is 1.41. The van der Waals surface area contributed by atoms with Crippen molar-refractivity contribution >= 4 is 22.4 Å². The predicted octanol–water partition coefficient (Wildman–Crippen LogP) is 1.12. The van der Waals surface area contributed by atoms with Crippen molar-refractivity contribution in [3.8, 4) is 0 Å². The predicted molar refractivity (Wildman–Crippen MR) is 77.5 cm³/mol. The molecule has 0 aliphatic rings. The Morgan fingerprint density at radius 3 is 2.90 bits per heavy atom. The van der Waals surface area contributed by atoms with Crippen LogP contribution < -0.4 is 10.6 Å². The molecular formula is C12H18N6OS. The average molecular weight is 294 g/mol. The maximum absolute atomic E-state index is 12.2. The molecule has 1 atom stereocenters. The second kappa shape index (κ2) is 6.58. The van der Waals surface area contributed by atoms with Crippen LogP contribution in [0.5, 0.6) is 0 Å². The van der Waals surface area contributed by atoms with E-state index in [9.17, 15) is 4.79 Å². The Kier molecular flexibility index (Phi) is 4.80. The fourth-order valence-electron chi connectivity index (χ4n) is 1.83. The van der Waals surface area contributed by atoms with Gasteiger partial charge in [0, 0.05) is 25.2 Å². The maximum atomic E-state index is 12.2. The largest absolute Gasteiger partial charge is 0.305 e. The highest BCUT2D eigenvalue weighted by molar-refractivity contribution is 7.15. The minimum absolute atomic E-state index is 0.167. The highest BCUT2D eigenvalue weighted by atomic mass is 32.1. The molecule has 0 spiro atoms. The van der Waals surface area contributed by atoms with Gasteiger partial charge >= 0.3 is 0 Å². The van der Waals surface area contributed by atoms with Gasteiger partial charge in [-0.3, -0.25) is 14.8 Å². The monoisotopic (exact) mass is 294 g/mol. The quantitative estimate of drug-likeness (QED) is 0.834. The van der Waals surface area contributed by atoms with E-state index in [-0.39, 0.29) is 5.91 Å². The molecule has 0 radical (unpaired) electrons. The van der Waals surface area contributed by atoms with Crippen LogP contribution in [0.3, 0.4) is 0 Å². The zero-order valence-corrected chi connectivity index (χ0v) is 12.6. The summed E-state index contributed by atoms with van der Waals surface area (Å²) in [6, 6.07) is -0.456. The van der Waals surface area contributed by atoms with E-state index in [0.29, 0.717) is 5.13 Å². The Hall–Kier alpha value is -1.80. The van der Waals surface area contributed by atoms with Crippen molar-refractivity contribution in [3.63, 3.8) is 0 Å². The molecule has 1 amide bonds. The molecule has 1 unspecified atom stereocenters. The van der Waals surface area contributed by atoms with Gasteiger partial charge in [0.05, 0.1) is 6.20 Å². The van der Waals surface area contributed by atoms with Gasteiger partial charge in [-0.2, -0.15) is 5.10 Å². The van der Waals surface area contributed by atoms with Crippen LogP contribution in [-0.4, -0.2) is 32.9 Å². The maximum Gasteiger partial charge on any atom is 0.248 e. The third-order valence-electron chi connectivity index (χ3n) is 2.77. The van der Waals surface area contributed by atoms with Crippen LogP contribution in [0.1, 0.15) is 30.0 Å². The van der Waals surface area contributed by atoms with E-state index in [4.69, 9.17) is 0 Å². The molecule has 2 N–H and O–H groups in total. The SMILES string of the molecule is CCCc1nnc(NC(=O)C(NC)c2cnn(C)c2)s1. The van der Waals surface area contributed by atoms with Crippen molar-refractivity contribution in [1.29, 1.82) is 0 Å². The van der Waals surface area contributed by atoms with Gasteiger partial charge < -0.3 is 5.32 Å². The van der Waals surface area contributed by atoms with E-state index in [1.807, 2.05) is 13.2 Å². The highest BCUT2D eigenvalue weighted by Crippen LogP contribution is 2.19.